The van der Waals surface area contributed by atoms with E-state index < -0.39 is 0 Å². The van der Waals surface area contributed by atoms with Crippen molar-refractivity contribution in [1.82, 2.24) is 20.9 Å². The highest BCUT2D eigenvalue weighted by atomic mass is 19.1. The number of nitrogens with one attached hydrogen (secondary N) is 4. The number of benzene rings is 3. The van der Waals surface area contributed by atoms with Crippen molar-refractivity contribution in [3.8, 4) is 0 Å². The average Bonchev–Trinajstić information content (AvgIpc) is 3.34. The maximum atomic E-state index is 13.6. The number of nitrogens with zero attached hydrogens (tertiary/aromatic N) is 1. The molecule has 3 amide bonds. The van der Waals surface area contributed by atoms with Crippen molar-refractivity contribution in [2.24, 2.45) is 5.92 Å². The third-order valence-electron chi connectivity index (χ3n) is 7.62. The molecule has 0 aromatic heterocycles. The van der Waals surface area contributed by atoms with Crippen LogP contribution in [0.5, 0.6) is 0 Å². The first-order chi connectivity index (χ1) is 20.6. The number of carbonyl (C=O) groups is 3. The highest BCUT2D eigenvalue weighted by Gasteiger charge is 2.32. The number of rotatable bonds is 13. The van der Waals surface area contributed by atoms with Crippen LogP contribution in [0.3, 0.4) is 0 Å². The van der Waals surface area contributed by atoms with Gasteiger partial charge in [-0.2, -0.15) is 0 Å². The molecule has 3 atom stereocenters. The van der Waals surface area contributed by atoms with Crippen molar-refractivity contribution in [1.29, 1.82) is 0 Å². The molecule has 1 aliphatic rings. The summed E-state index contributed by atoms with van der Waals surface area (Å²) in [5.41, 5.74) is 3.11. The predicted octanol–water partition coefficient (Wildman–Crippen LogP) is 4.55. The van der Waals surface area contributed by atoms with Crippen LogP contribution in [0.25, 0.3) is 0 Å². The molecule has 0 saturated carbocycles. The molecule has 0 aliphatic carbocycles. The van der Waals surface area contributed by atoms with Crippen LogP contribution in [0.15, 0.2) is 72.8 Å². The topological polar surface area (TPSA) is 103 Å². The number of hydrogen-bond donors (Lipinski definition) is 4. The molecule has 4 rings (SSSR count). The van der Waals surface area contributed by atoms with Crippen LogP contribution in [-0.4, -0.2) is 61.4 Å². The van der Waals surface area contributed by atoms with E-state index in [0.29, 0.717) is 35.7 Å². The minimum Gasteiger partial charge on any atom is -0.388 e. The molecule has 9 heteroatoms. The van der Waals surface area contributed by atoms with E-state index in [2.05, 4.69) is 35.1 Å². The van der Waals surface area contributed by atoms with Gasteiger partial charge in [-0.15, -0.1) is 0 Å². The second kappa shape index (κ2) is 14.8. The third-order valence-corrected chi connectivity index (χ3v) is 7.62. The molecule has 1 fully saturated rings. The lowest BCUT2D eigenvalue weighted by Gasteiger charge is -2.23. The number of halogens is 1. The van der Waals surface area contributed by atoms with Crippen molar-refractivity contribution in [3.63, 3.8) is 0 Å². The lowest BCUT2D eigenvalue weighted by atomic mass is 10.0. The molecule has 1 heterocycles. The Hall–Kier alpha value is -4.24. The highest BCUT2D eigenvalue weighted by molar-refractivity contribution is 6.01. The first-order valence-corrected chi connectivity index (χ1v) is 14.9. The summed E-state index contributed by atoms with van der Waals surface area (Å²) in [6, 6.07) is 19.9. The molecule has 0 radical (unpaired) electrons. The minimum absolute atomic E-state index is 0.103. The van der Waals surface area contributed by atoms with Crippen LogP contribution in [0.2, 0.25) is 0 Å². The molecule has 4 N–H and O–H groups in total. The second-order valence-electron chi connectivity index (χ2n) is 11.6. The Labute approximate surface area is 253 Å². The first-order valence-electron chi connectivity index (χ1n) is 14.9. The fraction of sp³-hybridized carbons (Fsp3) is 0.382. The lowest BCUT2D eigenvalue weighted by Crippen LogP contribution is -2.48. The van der Waals surface area contributed by atoms with Gasteiger partial charge in [0, 0.05) is 49.5 Å². The molecule has 3 aromatic rings. The van der Waals surface area contributed by atoms with Crippen LogP contribution in [-0.2, 0) is 11.2 Å². The molecule has 3 aromatic carbocycles. The zero-order chi connectivity index (χ0) is 30.9. The van der Waals surface area contributed by atoms with Crippen molar-refractivity contribution in [2.75, 3.05) is 32.0 Å². The standard InChI is InChI=1S/C34H42FN5O3/c1-22(2)21-40-15-14-31(34(40)43)37-20-30(16-24-8-6-5-7-9-24)39-33(42)27-17-26(18-29(19-27)36-4)32(41)38-23(3)25-10-12-28(35)13-11-25/h5-13,17-19,22-23,30-31,36-37H,14-16,20-21H2,1-4H3,(H,38,41)(H,39,42)/t23-,30+,31+/m1/s1. The number of amides is 3. The van der Waals surface area contributed by atoms with E-state index in [-0.39, 0.29) is 41.7 Å². The number of anilines is 1. The van der Waals surface area contributed by atoms with E-state index >= 15 is 0 Å². The third kappa shape index (κ3) is 8.88. The molecule has 1 saturated heterocycles. The van der Waals surface area contributed by atoms with Gasteiger partial charge in [0.15, 0.2) is 0 Å². The normalized spacial score (nSPS) is 16.2. The molecule has 0 spiro atoms. The molecule has 228 valence electrons. The quantitative estimate of drug-likeness (QED) is 0.235. The van der Waals surface area contributed by atoms with Gasteiger partial charge in [0.05, 0.1) is 12.1 Å². The van der Waals surface area contributed by atoms with Crippen molar-refractivity contribution >= 4 is 23.4 Å². The summed E-state index contributed by atoms with van der Waals surface area (Å²) in [6.45, 7) is 7.90. The monoisotopic (exact) mass is 587 g/mol. The maximum absolute atomic E-state index is 13.6. The zero-order valence-electron chi connectivity index (χ0n) is 25.3. The van der Waals surface area contributed by atoms with Crippen molar-refractivity contribution in [2.45, 2.75) is 51.7 Å². The Kier molecular flexibility index (Phi) is 10.9. The Morgan fingerprint density at radius 2 is 1.58 bits per heavy atom. The largest absolute Gasteiger partial charge is 0.388 e. The smallest absolute Gasteiger partial charge is 0.251 e. The summed E-state index contributed by atoms with van der Waals surface area (Å²) in [5, 5.41) is 12.5. The fourth-order valence-electron chi connectivity index (χ4n) is 5.33. The molecule has 1 aliphatic heterocycles. The molecule has 0 bridgehead atoms. The first kappa shape index (κ1) is 31.7. The summed E-state index contributed by atoms with van der Waals surface area (Å²) in [4.78, 5) is 41.6. The van der Waals surface area contributed by atoms with Crippen LogP contribution in [0.4, 0.5) is 10.1 Å². The number of likely N-dealkylation sites (tertiary alicyclic amines) is 1. The van der Waals surface area contributed by atoms with Gasteiger partial charge in [-0.3, -0.25) is 14.4 Å². The van der Waals surface area contributed by atoms with E-state index in [0.717, 1.165) is 30.6 Å². The van der Waals surface area contributed by atoms with Gasteiger partial charge in [-0.1, -0.05) is 56.3 Å². The van der Waals surface area contributed by atoms with Gasteiger partial charge in [0.1, 0.15) is 5.82 Å². The highest BCUT2D eigenvalue weighted by Crippen LogP contribution is 2.19. The molecular formula is C34H42FN5O3. The van der Waals surface area contributed by atoms with Gasteiger partial charge in [0.25, 0.3) is 11.8 Å². The van der Waals surface area contributed by atoms with E-state index in [1.54, 1.807) is 37.4 Å². The lowest BCUT2D eigenvalue weighted by molar-refractivity contribution is -0.129. The van der Waals surface area contributed by atoms with E-state index in [1.165, 1.54) is 12.1 Å². The predicted molar refractivity (Wildman–Crippen MR) is 167 cm³/mol. The molecule has 0 unspecified atom stereocenters. The van der Waals surface area contributed by atoms with Crippen molar-refractivity contribution in [3.05, 3.63) is 101 Å². The zero-order valence-corrected chi connectivity index (χ0v) is 25.3. The van der Waals surface area contributed by atoms with Gasteiger partial charge >= 0.3 is 0 Å². The molecule has 8 nitrogen and oxygen atoms in total. The number of hydrogen-bond acceptors (Lipinski definition) is 5. The van der Waals surface area contributed by atoms with Gasteiger partial charge in [0.2, 0.25) is 5.91 Å². The summed E-state index contributed by atoms with van der Waals surface area (Å²) in [6.07, 6.45) is 1.31. The maximum Gasteiger partial charge on any atom is 0.251 e. The van der Waals surface area contributed by atoms with Gasteiger partial charge in [-0.25, -0.2) is 4.39 Å². The summed E-state index contributed by atoms with van der Waals surface area (Å²) < 4.78 is 13.3. The summed E-state index contributed by atoms with van der Waals surface area (Å²) in [5.74, 6) is -0.510. The van der Waals surface area contributed by atoms with Gasteiger partial charge in [-0.05, 0) is 67.1 Å². The van der Waals surface area contributed by atoms with Crippen LogP contribution >= 0.6 is 0 Å². The Morgan fingerprint density at radius 3 is 2.21 bits per heavy atom. The average molecular weight is 588 g/mol. The Morgan fingerprint density at radius 1 is 0.930 bits per heavy atom. The Balaban J connectivity index is 1.47. The molecular weight excluding hydrogens is 545 g/mol. The summed E-state index contributed by atoms with van der Waals surface area (Å²) >= 11 is 0. The van der Waals surface area contributed by atoms with Crippen LogP contribution in [0, 0.1) is 11.7 Å². The Bertz CT molecular complexity index is 1400. The van der Waals surface area contributed by atoms with Crippen LogP contribution < -0.4 is 21.3 Å². The fourth-order valence-corrected chi connectivity index (χ4v) is 5.33. The van der Waals surface area contributed by atoms with E-state index in [1.807, 2.05) is 42.2 Å². The van der Waals surface area contributed by atoms with Gasteiger partial charge < -0.3 is 26.2 Å². The van der Waals surface area contributed by atoms with Crippen molar-refractivity contribution < 1.29 is 18.8 Å². The van der Waals surface area contributed by atoms with Crippen LogP contribution in [0.1, 0.15) is 65.1 Å². The SMILES string of the molecule is CNc1cc(C(=O)N[C@H](CN[C@H]2CCN(CC(C)C)C2=O)Cc2ccccc2)cc(C(=O)N[C@H](C)c2ccc(F)cc2)c1. The van der Waals surface area contributed by atoms with E-state index in [9.17, 15) is 18.8 Å². The summed E-state index contributed by atoms with van der Waals surface area (Å²) in [7, 11) is 1.73. The molecule has 43 heavy (non-hydrogen) atoms. The number of carbonyl (C=O) groups excluding carboxylic acids is 3. The second-order valence-corrected chi connectivity index (χ2v) is 11.6. The van der Waals surface area contributed by atoms with E-state index in [4.69, 9.17) is 0 Å². The minimum atomic E-state index is -0.361.